The number of hydrogen-bond acceptors (Lipinski definition) is 5. The number of halogens is 3. The van der Waals surface area contributed by atoms with Crippen LogP contribution in [0, 0.1) is 11.3 Å². The molecule has 2 saturated heterocycles. The number of amides is 1. The highest BCUT2D eigenvalue weighted by Crippen LogP contribution is 2.50. The Labute approximate surface area is 191 Å². The molecule has 2 aliphatic heterocycles. The van der Waals surface area contributed by atoms with Crippen LogP contribution in [0.15, 0.2) is 36.5 Å². The lowest BCUT2D eigenvalue weighted by atomic mass is 9.62. The van der Waals surface area contributed by atoms with Gasteiger partial charge in [-0.2, -0.15) is 18.3 Å². The molecule has 178 valence electrons. The van der Waals surface area contributed by atoms with E-state index < -0.39 is 42.0 Å². The van der Waals surface area contributed by atoms with Crippen LogP contribution in [0.1, 0.15) is 49.8 Å². The molecule has 2 atom stereocenters. The number of benzene rings is 1. The van der Waals surface area contributed by atoms with E-state index in [4.69, 9.17) is 0 Å². The van der Waals surface area contributed by atoms with Crippen LogP contribution in [-0.4, -0.2) is 59.0 Å². The average Bonchev–Trinajstić information content (AvgIpc) is 3.14. The summed E-state index contributed by atoms with van der Waals surface area (Å²) in [5.74, 6) is -2.04. The largest absolute Gasteiger partial charge is 0.394 e. The van der Waals surface area contributed by atoms with E-state index in [9.17, 15) is 23.1 Å². The van der Waals surface area contributed by atoms with Gasteiger partial charge in [0.2, 0.25) is 5.91 Å². The van der Waals surface area contributed by atoms with Crippen molar-refractivity contribution in [1.82, 2.24) is 15.1 Å². The average molecular weight is 463 g/mol. The minimum Gasteiger partial charge on any atom is -0.380 e. The Balaban J connectivity index is 1.76. The van der Waals surface area contributed by atoms with Gasteiger partial charge in [0, 0.05) is 37.0 Å². The second-order valence-electron chi connectivity index (χ2n) is 9.97. The quantitative estimate of drug-likeness (QED) is 0.734. The van der Waals surface area contributed by atoms with E-state index in [1.54, 1.807) is 0 Å². The Kier molecular flexibility index (Phi) is 5.77. The first-order chi connectivity index (χ1) is 15.3. The van der Waals surface area contributed by atoms with Gasteiger partial charge in [0.1, 0.15) is 5.60 Å². The van der Waals surface area contributed by atoms with Gasteiger partial charge in [0.15, 0.2) is 5.82 Å². The predicted octanol–water partition coefficient (Wildman–Crippen LogP) is 3.70. The molecule has 2 aliphatic rings. The number of nitrogens with zero attached hydrogens (tertiary/aromatic N) is 4. The van der Waals surface area contributed by atoms with Gasteiger partial charge in [-0.05, 0) is 30.2 Å². The highest BCUT2D eigenvalue weighted by atomic mass is 19.4. The zero-order chi connectivity index (χ0) is 24.2. The standard InChI is InChI=1S/C24H29F3N4O2/c1-15(2)16-5-7-17(8-6-16)23(33,22(3)13-30(4)14-22)18-9-20(29-28-11-18)31-12-19(10-21(31)32)24(25,26)27/h5-9,11,15,19,33H,10,12-14H2,1-4H3/t19?,23-/m0/s1. The van der Waals surface area contributed by atoms with Gasteiger partial charge >= 0.3 is 6.18 Å². The molecule has 0 saturated carbocycles. The number of carbonyl (C=O) groups excluding carboxylic acids is 1. The highest BCUT2D eigenvalue weighted by Gasteiger charge is 2.56. The minimum absolute atomic E-state index is 0.0257. The number of alkyl halides is 3. The summed E-state index contributed by atoms with van der Waals surface area (Å²) in [6, 6.07) is 9.23. The number of aliphatic hydroxyl groups is 1. The predicted molar refractivity (Wildman–Crippen MR) is 118 cm³/mol. The number of carbonyl (C=O) groups is 1. The molecule has 0 bridgehead atoms. The van der Waals surface area contributed by atoms with E-state index in [0.717, 1.165) is 10.5 Å². The van der Waals surface area contributed by atoms with Gasteiger partial charge in [0.25, 0.3) is 0 Å². The molecular weight excluding hydrogens is 433 g/mol. The normalized spacial score (nSPS) is 23.0. The van der Waals surface area contributed by atoms with E-state index in [1.165, 1.54) is 12.3 Å². The third kappa shape index (κ3) is 4.01. The Morgan fingerprint density at radius 1 is 1.15 bits per heavy atom. The molecule has 3 heterocycles. The molecule has 33 heavy (non-hydrogen) atoms. The molecule has 0 spiro atoms. The Morgan fingerprint density at radius 3 is 2.30 bits per heavy atom. The first-order valence-electron chi connectivity index (χ1n) is 11.1. The van der Waals surface area contributed by atoms with Crippen molar-refractivity contribution < 1.29 is 23.1 Å². The molecule has 6 nitrogen and oxygen atoms in total. The Morgan fingerprint density at radius 2 is 1.79 bits per heavy atom. The summed E-state index contributed by atoms with van der Waals surface area (Å²) < 4.78 is 39.6. The minimum atomic E-state index is -4.46. The van der Waals surface area contributed by atoms with Crippen LogP contribution in [0.2, 0.25) is 0 Å². The summed E-state index contributed by atoms with van der Waals surface area (Å²) in [6.07, 6.45) is -3.64. The first kappa shape index (κ1) is 23.6. The van der Waals surface area contributed by atoms with Crippen molar-refractivity contribution in [3.8, 4) is 0 Å². The van der Waals surface area contributed by atoms with Crippen molar-refractivity contribution in [1.29, 1.82) is 0 Å². The van der Waals surface area contributed by atoms with Crippen LogP contribution in [-0.2, 0) is 10.4 Å². The summed E-state index contributed by atoms with van der Waals surface area (Å²) in [5.41, 5.74) is 0.175. The molecule has 1 N–H and O–H groups in total. The molecule has 1 aromatic heterocycles. The van der Waals surface area contributed by atoms with Crippen molar-refractivity contribution in [3.63, 3.8) is 0 Å². The van der Waals surface area contributed by atoms with E-state index in [-0.39, 0.29) is 5.82 Å². The fraction of sp³-hybridized carbons (Fsp3) is 0.542. The van der Waals surface area contributed by atoms with Crippen molar-refractivity contribution in [2.45, 2.75) is 44.9 Å². The van der Waals surface area contributed by atoms with E-state index >= 15 is 0 Å². The molecule has 1 unspecified atom stereocenters. The third-order valence-corrected chi connectivity index (χ3v) is 7.03. The topological polar surface area (TPSA) is 69.6 Å². The fourth-order valence-corrected chi connectivity index (χ4v) is 5.18. The molecule has 0 radical (unpaired) electrons. The van der Waals surface area contributed by atoms with Crippen LogP contribution < -0.4 is 4.90 Å². The lowest BCUT2D eigenvalue weighted by Gasteiger charge is -2.55. The van der Waals surface area contributed by atoms with Crippen LogP contribution in [0.5, 0.6) is 0 Å². The van der Waals surface area contributed by atoms with Gasteiger partial charge in [-0.25, -0.2) is 0 Å². The van der Waals surface area contributed by atoms with Gasteiger partial charge in [-0.3, -0.25) is 9.69 Å². The van der Waals surface area contributed by atoms with Crippen LogP contribution in [0.25, 0.3) is 0 Å². The lowest BCUT2D eigenvalue weighted by molar-refractivity contribution is -0.169. The molecule has 2 fully saturated rings. The number of likely N-dealkylation sites (tertiary alicyclic amines) is 1. The van der Waals surface area contributed by atoms with Crippen molar-refractivity contribution in [3.05, 3.63) is 53.2 Å². The first-order valence-corrected chi connectivity index (χ1v) is 11.1. The second kappa shape index (κ2) is 8.06. The summed E-state index contributed by atoms with van der Waals surface area (Å²) in [7, 11) is 1.96. The summed E-state index contributed by atoms with van der Waals surface area (Å²) in [6.45, 7) is 6.89. The Hall–Kier alpha value is -2.52. The second-order valence-corrected chi connectivity index (χ2v) is 9.97. The van der Waals surface area contributed by atoms with Gasteiger partial charge in [0.05, 0.1) is 12.1 Å². The zero-order valence-electron chi connectivity index (χ0n) is 19.2. The molecular formula is C24H29F3N4O2. The van der Waals surface area contributed by atoms with Gasteiger partial charge < -0.3 is 10.0 Å². The maximum absolute atomic E-state index is 13.2. The monoisotopic (exact) mass is 462 g/mol. The van der Waals surface area contributed by atoms with Crippen molar-refractivity contribution in [2.75, 3.05) is 31.6 Å². The summed E-state index contributed by atoms with van der Waals surface area (Å²) >= 11 is 0. The third-order valence-electron chi connectivity index (χ3n) is 7.03. The van der Waals surface area contributed by atoms with Crippen molar-refractivity contribution >= 4 is 11.7 Å². The van der Waals surface area contributed by atoms with Crippen molar-refractivity contribution in [2.24, 2.45) is 11.3 Å². The SMILES string of the molecule is CC(C)c1ccc([C@](O)(c2cnnc(N3CC(C(F)(F)F)CC3=O)c2)C2(C)CN(C)C2)cc1. The molecule has 0 aliphatic carbocycles. The van der Waals surface area contributed by atoms with Crippen LogP contribution in [0.4, 0.5) is 19.0 Å². The number of anilines is 1. The lowest BCUT2D eigenvalue weighted by Crippen LogP contribution is -2.63. The molecule has 1 amide bonds. The highest BCUT2D eigenvalue weighted by molar-refractivity contribution is 5.95. The maximum atomic E-state index is 13.2. The Bertz CT molecular complexity index is 1030. The number of hydrogen-bond donors (Lipinski definition) is 1. The number of rotatable bonds is 5. The van der Waals surface area contributed by atoms with Gasteiger partial charge in [-0.15, -0.1) is 5.10 Å². The summed E-state index contributed by atoms with van der Waals surface area (Å²) in [4.78, 5) is 15.5. The molecule has 4 rings (SSSR count). The number of aromatic nitrogens is 2. The van der Waals surface area contributed by atoms with E-state index in [2.05, 4.69) is 28.9 Å². The summed E-state index contributed by atoms with van der Waals surface area (Å²) in [5, 5.41) is 20.1. The molecule has 2 aromatic rings. The van der Waals surface area contributed by atoms with Gasteiger partial charge in [-0.1, -0.05) is 45.0 Å². The smallest absolute Gasteiger partial charge is 0.380 e. The fourth-order valence-electron chi connectivity index (χ4n) is 5.18. The maximum Gasteiger partial charge on any atom is 0.394 e. The molecule has 1 aromatic carbocycles. The van der Waals surface area contributed by atoms with E-state index in [0.29, 0.717) is 30.1 Å². The molecule has 9 heteroatoms. The van der Waals surface area contributed by atoms with Crippen LogP contribution in [0.3, 0.4) is 0 Å². The van der Waals surface area contributed by atoms with E-state index in [1.807, 2.05) is 38.2 Å². The van der Waals surface area contributed by atoms with Crippen LogP contribution >= 0.6 is 0 Å². The zero-order valence-corrected chi connectivity index (χ0v) is 19.2.